The Morgan fingerprint density at radius 1 is 1.30 bits per heavy atom. The summed E-state index contributed by atoms with van der Waals surface area (Å²) in [7, 11) is 1.83. The molecule has 1 saturated carbocycles. The van der Waals surface area contributed by atoms with Crippen molar-refractivity contribution in [2.75, 3.05) is 38.5 Å². The van der Waals surface area contributed by atoms with Crippen molar-refractivity contribution in [3.63, 3.8) is 0 Å². The van der Waals surface area contributed by atoms with Crippen molar-refractivity contribution in [3.05, 3.63) is 24.3 Å². The number of hydrogen-bond acceptors (Lipinski definition) is 6. The third-order valence-electron chi connectivity index (χ3n) is 7.37. The first-order valence-electron chi connectivity index (χ1n) is 11.4. The van der Waals surface area contributed by atoms with Crippen LogP contribution in [0.25, 0.3) is 5.57 Å². The van der Waals surface area contributed by atoms with Crippen LogP contribution in [-0.2, 0) is 0 Å². The molecule has 1 saturated heterocycles. The summed E-state index contributed by atoms with van der Waals surface area (Å²) >= 11 is 0. The highest BCUT2D eigenvalue weighted by molar-refractivity contribution is 6.20. The predicted molar refractivity (Wildman–Crippen MR) is 126 cm³/mol. The van der Waals surface area contributed by atoms with Crippen LogP contribution >= 0.6 is 0 Å². The molecule has 0 amide bonds. The Bertz CT molecular complexity index is 753. The average molecular weight is 413 g/mol. The Kier molecular flexibility index (Phi) is 6.85. The van der Waals surface area contributed by atoms with Gasteiger partial charge in [0.2, 0.25) is 0 Å². The van der Waals surface area contributed by atoms with Crippen LogP contribution in [0.15, 0.2) is 18.6 Å². The molecular formula is C24H40N6. The van der Waals surface area contributed by atoms with Gasteiger partial charge in [-0.1, -0.05) is 27.7 Å². The van der Waals surface area contributed by atoms with E-state index in [0.717, 1.165) is 35.5 Å². The van der Waals surface area contributed by atoms with Gasteiger partial charge in [0.1, 0.15) is 5.82 Å². The van der Waals surface area contributed by atoms with Gasteiger partial charge in [-0.25, -0.2) is 4.98 Å². The first-order chi connectivity index (χ1) is 14.1. The normalized spacial score (nSPS) is 22.6. The van der Waals surface area contributed by atoms with Gasteiger partial charge >= 0.3 is 0 Å². The topological polar surface area (TPSA) is 76.9 Å². The van der Waals surface area contributed by atoms with Crippen molar-refractivity contribution in [1.29, 1.82) is 5.41 Å². The van der Waals surface area contributed by atoms with Gasteiger partial charge in [-0.2, -0.15) is 0 Å². The Labute approximate surface area is 182 Å². The quantitative estimate of drug-likeness (QED) is 0.556. The third-order valence-corrected chi connectivity index (χ3v) is 7.37. The molecule has 0 bridgehead atoms. The lowest BCUT2D eigenvalue weighted by Gasteiger charge is -2.37. The Hall–Kier alpha value is -1.95. The summed E-state index contributed by atoms with van der Waals surface area (Å²) in [5, 5.41) is 14.4. The third kappa shape index (κ3) is 5.39. The second-order valence-corrected chi connectivity index (χ2v) is 10.5. The van der Waals surface area contributed by atoms with Gasteiger partial charge in [-0.3, -0.25) is 4.98 Å². The largest absolute Gasteiger partial charge is 0.393 e. The molecule has 6 heteroatoms. The van der Waals surface area contributed by atoms with Crippen LogP contribution in [0.1, 0.15) is 59.6 Å². The molecule has 6 nitrogen and oxygen atoms in total. The summed E-state index contributed by atoms with van der Waals surface area (Å²) < 4.78 is 0. The van der Waals surface area contributed by atoms with Crippen LogP contribution in [0, 0.1) is 28.1 Å². The Morgan fingerprint density at radius 2 is 2.00 bits per heavy atom. The zero-order valence-electron chi connectivity index (χ0n) is 19.7. The van der Waals surface area contributed by atoms with E-state index in [1.54, 1.807) is 25.5 Å². The number of rotatable bonds is 8. The minimum atomic E-state index is 0.388. The van der Waals surface area contributed by atoms with E-state index in [2.05, 4.69) is 53.2 Å². The van der Waals surface area contributed by atoms with E-state index in [9.17, 15) is 0 Å². The molecule has 1 spiro atoms. The van der Waals surface area contributed by atoms with Crippen molar-refractivity contribution >= 4 is 17.1 Å². The molecule has 166 valence electrons. The van der Waals surface area contributed by atoms with Gasteiger partial charge in [-0.05, 0) is 61.9 Å². The summed E-state index contributed by atoms with van der Waals surface area (Å²) in [6, 6.07) is 0. The molecule has 2 aliphatic rings. The lowest BCUT2D eigenvalue weighted by Crippen LogP contribution is -2.40. The van der Waals surface area contributed by atoms with E-state index in [1.807, 2.05) is 7.05 Å². The minimum Gasteiger partial charge on any atom is -0.393 e. The molecule has 3 rings (SSSR count). The van der Waals surface area contributed by atoms with Gasteiger partial charge in [0.05, 0.1) is 18.1 Å². The maximum atomic E-state index is 7.89. The number of nitrogens with one attached hydrogen (secondary N) is 3. The van der Waals surface area contributed by atoms with E-state index < -0.39 is 0 Å². The van der Waals surface area contributed by atoms with Gasteiger partial charge in [0, 0.05) is 37.6 Å². The first-order valence-corrected chi connectivity index (χ1v) is 11.4. The fraction of sp³-hybridized carbons (Fsp3) is 0.708. The summed E-state index contributed by atoms with van der Waals surface area (Å²) in [6.07, 6.45) is 9.34. The molecule has 3 N–H and O–H groups in total. The average Bonchev–Trinajstić information content (AvgIpc) is 3.38. The minimum absolute atomic E-state index is 0.388. The monoisotopic (exact) mass is 412 g/mol. The summed E-state index contributed by atoms with van der Waals surface area (Å²) in [4.78, 5) is 11.7. The molecule has 0 aromatic carbocycles. The second-order valence-electron chi connectivity index (χ2n) is 10.5. The van der Waals surface area contributed by atoms with Crippen molar-refractivity contribution in [2.45, 2.75) is 53.9 Å². The summed E-state index contributed by atoms with van der Waals surface area (Å²) in [5.74, 6) is 2.30. The highest BCUT2D eigenvalue weighted by Crippen LogP contribution is 2.59. The van der Waals surface area contributed by atoms with Gasteiger partial charge in [0.25, 0.3) is 0 Å². The first kappa shape index (κ1) is 22.7. The fourth-order valence-corrected chi connectivity index (χ4v) is 4.48. The molecule has 0 radical (unpaired) electrons. The number of nitrogens with zero attached hydrogens (tertiary/aromatic N) is 3. The lowest BCUT2D eigenvalue weighted by atomic mass is 9.81. The van der Waals surface area contributed by atoms with Gasteiger partial charge in [-0.15, -0.1) is 0 Å². The standard InChI is InChI=1S/C24H40N6/c1-17(23(3,4)5)16-30-9-7-24(8-10-30)11-19(24)12-28-22-15-27-21(14-29-22)20(13-26-6)18(2)25/h13-15,17,19,25-26H,7-12,16H2,1-6H3,(H,28,29)/b20-13+,25-18?. The number of aromatic nitrogens is 2. The molecule has 30 heavy (non-hydrogen) atoms. The lowest BCUT2D eigenvalue weighted by molar-refractivity contribution is 0.112. The number of likely N-dealkylation sites (tertiary alicyclic amines) is 1. The van der Waals surface area contributed by atoms with Crippen LogP contribution in [-0.4, -0.2) is 53.8 Å². The van der Waals surface area contributed by atoms with Gasteiger partial charge < -0.3 is 20.9 Å². The number of hydrogen-bond donors (Lipinski definition) is 3. The highest BCUT2D eigenvalue weighted by atomic mass is 15.1. The van der Waals surface area contributed by atoms with E-state index in [1.165, 1.54) is 38.9 Å². The predicted octanol–water partition coefficient (Wildman–Crippen LogP) is 4.27. The molecule has 1 aliphatic carbocycles. The SMILES string of the molecule is CN/C=C(\C(C)=N)c1cnc(NCC2CC23CCN(CC(C)C(C)(C)C)CC3)cn1. The van der Waals surface area contributed by atoms with E-state index >= 15 is 0 Å². The van der Waals surface area contributed by atoms with Crippen LogP contribution in [0.5, 0.6) is 0 Å². The van der Waals surface area contributed by atoms with Crippen molar-refractivity contribution in [3.8, 4) is 0 Å². The molecular weight excluding hydrogens is 372 g/mol. The molecule has 2 fully saturated rings. The van der Waals surface area contributed by atoms with Crippen molar-refractivity contribution in [1.82, 2.24) is 20.2 Å². The van der Waals surface area contributed by atoms with E-state index in [-0.39, 0.29) is 0 Å². The van der Waals surface area contributed by atoms with Crippen LogP contribution in [0.4, 0.5) is 5.82 Å². The zero-order chi connectivity index (χ0) is 21.9. The summed E-state index contributed by atoms with van der Waals surface area (Å²) in [5.41, 5.74) is 2.91. The molecule has 2 atom stereocenters. The fourth-order valence-electron chi connectivity index (χ4n) is 4.48. The second kappa shape index (κ2) is 9.04. The molecule has 1 aromatic rings. The molecule has 2 heterocycles. The number of anilines is 1. The highest BCUT2D eigenvalue weighted by Gasteiger charge is 2.54. The van der Waals surface area contributed by atoms with Gasteiger partial charge in [0.15, 0.2) is 0 Å². The molecule has 1 aromatic heterocycles. The van der Waals surface area contributed by atoms with Crippen molar-refractivity contribution in [2.24, 2.45) is 22.7 Å². The number of allylic oxidation sites excluding steroid dienone is 1. The van der Waals surface area contributed by atoms with Crippen molar-refractivity contribution < 1.29 is 0 Å². The van der Waals surface area contributed by atoms with Crippen LogP contribution in [0.3, 0.4) is 0 Å². The summed E-state index contributed by atoms with van der Waals surface area (Å²) in [6.45, 7) is 15.9. The van der Waals surface area contributed by atoms with E-state index in [4.69, 9.17) is 5.41 Å². The maximum Gasteiger partial charge on any atom is 0.144 e. The smallest absolute Gasteiger partial charge is 0.144 e. The molecule has 1 aliphatic heterocycles. The Morgan fingerprint density at radius 3 is 2.53 bits per heavy atom. The molecule has 2 unspecified atom stereocenters. The zero-order valence-corrected chi connectivity index (χ0v) is 19.7. The van der Waals surface area contributed by atoms with Crippen LogP contribution in [0.2, 0.25) is 0 Å². The van der Waals surface area contributed by atoms with Crippen LogP contribution < -0.4 is 10.6 Å². The maximum absolute atomic E-state index is 7.89. The van der Waals surface area contributed by atoms with E-state index in [0.29, 0.717) is 16.5 Å². The number of piperidine rings is 1. The Balaban J connectivity index is 1.45.